The van der Waals surface area contributed by atoms with Gasteiger partial charge in [-0.15, -0.1) is 11.3 Å². The van der Waals surface area contributed by atoms with E-state index in [0.717, 1.165) is 16.3 Å². The third-order valence-corrected chi connectivity index (χ3v) is 6.12. The number of fused-ring (bicyclic) bond motifs is 1. The molecule has 0 fully saturated rings. The number of anilines is 1. The van der Waals surface area contributed by atoms with E-state index in [1.807, 2.05) is 31.2 Å². The number of carbonyl (C=O) groups is 2. The maximum atomic E-state index is 13.4. The fourth-order valence-electron chi connectivity index (χ4n) is 4.29. The van der Waals surface area contributed by atoms with Gasteiger partial charge >= 0.3 is 0 Å². The molecule has 1 N–H and O–H groups in total. The number of nitrogens with zero attached hydrogens (tertiary/aromatic N) is 2. The maximum Gasteiger partial charge on any atom is 0.270 e. The van der Waals surface area contributed by atoms with Gasteiger partial charge in [-0.1, -0.05) is 32.0 Å². The summed E-state index contributed by atoms with van der Waals surface area (Å²) in [5, 5.41) is 5.50. The third-order valence-electron chi connectivity index (χ3n) is 5.35. The van der Waals surface area contributed by atoms with Crippen LogP contribution < -0.4 is 10.2 Å². The first-order valence-corrected chi connectivity index (χ1v) is 10.9. The van der Waals surface area contributed by atoms with E-state index in [1.165, 1.54) is 11.3 Å². The topological polar surface area (TPSA) is 62.3 Å². The molecule has 0 aliphatic carbocycles. The Bertz CT molecular complexity index is 882. The summed E-state index contributed by atoms with van der Waals surface area (Å²) < 4.78 is 13.1. The predicted octanol–water partition coefficient (Wildman–Crippen LogP) is 4.26. The Labute approximate surface area is 175 Å². The van der Waals surface area contributed by atoms with Gasteiger partial charge in [0.25, 0.3) is 5.91 Å². The molecular weight excluding hydrogens is 389 g/mol. The Morgan fingerprint density at radius 1 is 1.34 bits per heavy atom. The van der Waals surface area contributed by atoms with Gasteiger partial charge in [0.05, 0.1) is 17.0 Å². The van der Waals surface area contributed by atoms with Crippen LogP contribution in [-0.2, 0) is 10.2 Å². The molecule has 1 aliphatic rings. The predicted molar refractivity (Wildman–Crippen MR) is 114 cm³/mol. The van der Waals surface area contributed by atoms with Crippen LogP contribution in [0.1, 0.15) is 54.2 Å². The number of aromatic nitrogens is 1. The number of aryl methyl sites for hydroxylation is 1. The molecule has 156 valence electrons. The standard InChI is InChI=1S/C22H28FN3O2S/c1-15(2)13-22(9-6-11-24-20(27)18-14-29-16(3)25-18)17-7-4-5-8-19(17)26(12-10-23)21(22)28/h4-5,7-8,14-15H,6,9-13H2,1-3H3,(H,24,27). The second kappa shape index (κ2) is 9.03. The van der Waals surface area contributed by atoms with Crippen LogP contribution in [0.25, 0.3) is 0 Å². The zero-order valence-electron chi connectivity index (χ0n) is 17.2. The first-order chi connectivity index (χ1) is 13.9. The summed E-state index contributed by atoms with van der Waals surface area (Å²) >= 11 is 1.44. The van der Waals surface area contributed by atoms with Crippen LogP contribution in [0.15, 0.2) is 29.6 Å². The lowest BCUT2D eigenvalue weighted by molar-refractivity contribution is -0.124. The monoisotopic (exact) mass is 417 g/mol. The van der Waals surface area contributed by atoms with Gasteiger partial charge in [-0.2, -0.15) is 0 Å². The van der Waals surface area contributed by atoms with Gasteiger partial charge in [0.1, 0.15) is 12.4 Å². The highest BCUT2D eigenvalue weighted by molar-refractivity contribution is 7.09. The molecule has 7 heteroatoms. The number of thiazole rings is 1. The molecule has 0 saturated heterocycles. The van der Waals surface area contributed by atoms with Gasteiger partial charge in [0.2, 0.25) is 5.91 Å². The van der Waals surface area contributed by atoms with Crippen molar-refractivity contribution in [2.75, 3.05) is 24.7 Å². The zero-order valence-corrected chi connectivity index (χ0v) is 18.0. The number of benzene rings is 1. The lowest BCUT2D eigenvalue weighted by atomic mass is 9.72. The van der Waals surface area contributed by atoms with Crippen molar-refractivity contribution in [2.24, 2.45) is 5.92 Å². The SMILES string of the molecule is Cc1nc(C(=O)NCCCC2(CC(C)C)C(=O)N(CCF)c3ccccc32)cs1. The summed E-state index contributed by atoms with van der Waals surface area (Å²) in [4.78, 5) is 31.4. The summed E-state index contributed by atoms with van der Waals surface area (Å²) in [6.45, 7) is 6.04. The van der Waals surface area contributed by atoms with Crippen LogP contribution in [0.3, 0.4) is 0 Å². The zero-order chi connectivity index (χ0) is 21.0. The van der Waals surface area contributed by atoms with E-state index in [9.17, 15) is 14.0 Å². The van der Waals surface area contributed by atoms with E-state index in [0.29, 0.717) is 37.4 Å². The Kier molecular flexibility index (Phi) is 6.67. The molecule has 1 aromatic heterocycles. The van der Waals surface area contributed by atoms with Crippen molar-refractivity contribution in [3.8, 4) is 0 Å². The lowest BCUT2D eigenvalue weighted by Gasteiger charge is -2.30. The van der Waals surface area contributed by atoms with Crippen molar-refractivity contribution in [2.45, 2.75) is 45.4 Å². The van der Waals surface area contributed by atoms with E-state index in [2.05, 4.69) is 24.1 Å². The third kappa shape index (κ3) is 4.34. The number of carbonyl (C=O) groups excluding carboxylic acids is 2. The Morgan fingerprint density at radius 3 is 2.76 bits per heavy atom. The van der Waals surface area contributed by atoms with E-state index in [4.69, 9.17) is 0 Å². The minimum atomic E-state index is -0.665. The second-order valence-electron chi connectivity index (χ2n) is 7.95. The van der Waals surface area contributed by atoms with Crippen molar-refractivity contribution >= 4 is 28.8 Å². The van der Waals surface area contributed by atoms with Gasteiger partial charge in [0.15, 0.2) is 0 Å². The van der Waals surface area contributed by atoms with Crippen molar-refractivity contribution in [1.82, 2.24) is 10.3 Å². The van der Waals surface area contributed by atoms with Crippen molar-refractivity contribution < 1.29 is 14.0 Å². The molecule has 0 bridgehead atoms. The fourth-order valence-corrected chi connectivity index (χ4v) is 4.88. The van der Waals surface area contributed by atoms with Gasteiger partial charge < -0.3 is 10.2 Å². The van der Waals surface area contributed by atoms with Crippen LogP contribution in [0.4, 0.5) is 10.1 Å². The first kappa shape index (κ1) is 21.4. The molecule has 0 spiro atoms. The first-order valence-electron chi connectivity index (χ1n) is 10.1. The summed E-state index contributed by atoms with van der Waals surface area (Å²) in [6, 6.07) is 7.72. The molecule has 3 rings (SSSR count). The van der Waals surface area contributed by atoms with Gasteiger partial charge in [-0.05, 0) is 43.7 Å². The molecule has 1 atom stereocenters. The average Bonchev–Trinajstić information content (AvgIpc) is 3.22. The molecule has 2 aromatic rings. The van der Waals surface area contributed by atoms with Gasteiger partial charge in [0, 0.05) is 17.6 Å². The summed E-state index contributed by atoms with van der Waals surface area (Å²) in [7, 11) is 0. The molecular formula is C22H28FN3O2S. The molecule has 0 saturated carbocycles. The number of alkyl halides is 1. The number of amides is 2. The number of nitrogens with one attached hydrogen (secondary N) is 1. The summed E-state index contributed by atoms with van der Waals surface area (Å²) in [5.41, 5.74) is 1.56. The van der Waals surface area contributed by atoms with Gasteiger partial charge in [-0.25, -0.2) is 9.37 Å². The molecule has 1 aromatic carbocycles. The lowest BCUT2D eigenvalue weighted by Crippen LogP contribution is -2.42. The number of rotatable bonds is 9. The van der Waals surface area contributed by atoms with Crippen LogP contribution in [-0.4, -0.2) is 36.6 Å². The molecule has 0 radical (unpaired) electrons. The van der Waals surface area contributed by atoms with Crippen molar-refractivity contribution in [3.05, 3.63) is 45.9 Å². The van der Waals surface area contributed by atoms with Crippen LogP contribution in [0, 0.1) is 12.8 Å². The minimum Gasteiger partial charge on any atom is -0.351 e. The van der Waals surface area contributed by atoms with E-state index in [1.54, 1.807) is 10.3 Å². The normalized spacial score (nSPS) is 18.4. The smallest absolute Gasteiger partial charge is 0.270 e. The summed E-state index contributed by atoms with van der Waals surface area (Å²) in [6.07, 6.45) is 1.97. The number of hydrogen-bond donors (Lipinski definition) is 1. The molecule has 29 heavy (non-hydrogen) atoms. The van der Waals surface area contributed by atoms with Gasteiger partial charge in [-0.3, -0.25) is 9.59 Å². The average molecular weight is 418 g/mol. The largest absolute Gasteiger partial charge is 0.351 e. The van der Waals surface area contributed by atoms with Crippen molar-refractivity contribution in [3.63, 3.8) is 0 Å². The summed E-state index contributed by atoms with van der Waals surface area (Å²) in [5.74, 6) is 0.0980. The molecule has 2 amide bonds. The Morgan fingerprint density at radius 2 is 2.10 bits per heavy atom. The Balaban J connectivity index is 1.75. The number of hydrogen-bond acceptors (Lipinski definition) is 4. The highest BCUT2D eigenvalue weighted by atomic mass is 32.1. The molecule has 2 heterocycles. The minimum absolute atomic E-state index is 0.0218. The highest BCUT2D eigenvalue weighted by Crippen LogP contribution is 2.48. The van der Waals surface area contributed by atoms with Crippen LogP contribution in [0.5, 0.6) is 0 Å². The van der Waals surface area contributed by atoms with E-state index >= 15 is 0 Å². The van der Waals surface area contributed by atoms with Crippen LogP contribution in [0.2, 0.25) is 0 Å². The highest BCUT2D eigenvalue weighted by Gasteiger charge is 2.50. The Hall–Kier alpha value is -2.28. The second-order valence-corrected chi connectivity index (χ2v) is 9.02. The van der Waals surface area contributed by atoms with Crippen LogP contribution >= 0.6 is 11.3 Å². The number of para-hydroxylation sites is 1. The fraction of sp³-hybridized carbons (Fsp3) is 0.500. The van der Waals surface area contributed by atoms with E-state index < -0.39 is 12.1 Å². The van der Waals surface area contributed by atoms with Crippen molar-refractivity contribution in [1.29, 1.82) is 0 Å². The maximum absolute atomic E-state index is 13.4. The van der Waals surface area contributed by atoms with E-state index in [-0.39, 0.29) is 18.4 Å². The quantitative estimate of drug-likeness (QED) is 0.620. The molecule has 1 aliphatic heterocycles. The molecule has 5 nitrogen and oxygen atoms in total. The number of halogens is 1. The molecule has 1 unspecified atom stereocenters.